The van der Waals surface area contributed by atoms with Crippen LogP contribution >= 0.6 is 11.8 Å². The highest BCUT2D eigenvalue weighted by atomic mass is 32.2. The van der Waals surface area contributed by atoms with Gasteiger partial charge in [0.15, 0.2) is 11.0 Å². The topological polar surface area (TPSA) is 92.8 Å². The third-order valence-corrected chi connectivity index (χ3v) is 5.79. The maximum Gasteiger partial charge on any atom is 0.237 e. The van der Waals surface area contributed by atoms with Gasteiger partial charge < -0.3 is 14.6 Å². The van der Waals surface area contributed by atoms with Crippen LogP contribution in [0.5, 0.6) is 5.75 Å². The molecule has 1 heterocycles. The van der Waals surface area contributed by atoms with Crippen LogP contribution in [0.25, 0.3) is 11.4 Å². The molecule has 31 heavy (non-hydrogen) atoms. The summed E-state index contributed by atoms with van der Waals surface area (Å²) in [6, 6.07) is 16.6. The summed E-state index contributed by atoms with van der Waals surface area (Å²) in [5.74, 6) is 1.40. The minimum atomic E-state index is -0.390. The Balaban J connectivity index is 1.78. The molecule has 8 heteroatoms. The number of methoxy groups -OCH3 is 1. The summed E-state index contributed by atoms with van der Waals surface area (Å²) in [7, 11) is 1.64. The fraction of sp³-hybridized carbons (Fsp3) is 0.304. The van der Waals surface area contributed by atoms with Gasteiger partial charge in [-0.1, -0.05) is 31.2 Å². The highest BCUT2D eigenvalue weighted by Gasteiger charge is 2.21. The van der Waals surface area contributed by atoms with E-state index in [0.717, 1.165) is 36.5 Å². The third-order valence-electron chi connectivity index (χ3n) is 4.71. The zero-order valence-corrected chi connectivity index (χ0v) is 18.6. The molecule has 1 N–H and O–H groups in total. The lowest BCUT2D eigenvalue weighted by Crippen LogP contribution is -2.23. The quantitative estimate of drug-likeness (QED) is 0.488. The maximum atomic E-state index is 12.7. The molecule has 3 rings (SSSR count). The summed E-state index contributed by atoms with van der Waals surface area (Å²) >= 11 is 1.37. The van der Waals surface area contributed by atoms with Crippen molar-refractivity contribution in [1.29, 1.82) is 5.26 Å². The van der Waals surface area contributed by atoms with Crippen molar-refractivity contribution in [3.05, 3.63) is 54.1 Å². The zero-order valence-electron chi connectivity index (χ0n) is 17.8. The Bertz CT molecular complexity index is 1070. The van der Waals surface area contributed by atoms with Gasteiger partial charge >= 0.3 is 0 Å². The molecule has 0 fully saturated rings. The van der Waals surface area contributed by atoms with Gasteiger partial charge in [0.05, 0.1) is 24.0 Å². The van der Waals surface area contributed by atoms with E-state index in [0.29, 0.717) is 16.4 Å². The van der Waals surface area contributed by atoms with Crippen LogP contribution in [0.15, 0.2) is 53.7 Å². The van der Waals surface area contributed by atoms with Crippen molar-refractivity contribution in [3.63, 3.8) is 0 Å². The molecule has 0 bridgehead atoms. The normalized spacial score (nSPS) is 11.5. The Kier molecular flexibility index (Phi) is 7.68. The number of unbranched alkanes of at least 4 members (excludes halogenated alkanes) is 1. The number of aromatic nitrogens is 3. The Morgan fingerprint density at radius 1 is 1.26 bits per heavy atom. The molecule has 0 saturated heterocycles. The van der Waals surface area contributed by atoms with Gasteiger partial charge in [-0.15, -0.1) is 10.2 Å². The standard InChI is InChI=1S/C23H25N5O2S/c1-4-5-13-28-21(18-9-11-20(30-3)12-10-18)26-27-23(28)31-16(2)22(29)25-19-8-6-7-17(14-19)15-24/h6-12,14,16H,4-5,13H2,1-3H3,(H,25,29). The summed E-state index contributed by atoms with van der Waals surface area (Å²) in [5.41, 5.74) is 2.05. The highest BCUT2D eigenvalue weighted by molar-refractivity contribution is 8.00. The minimum Gasteiger partial charge on any atom is -0.497 e. The number of nitrogens with one attached hydrogen (secondary N) is 1. The molecule has 2 aromatic carbocycles. The number of carbonyl (C=O) groups excluding carboxylic acids is 1. The first kappa shape index (κ1) is 22.4. The first-order valence-electron chi connectivity index (χ1n) is 10.1. The Morgan fingerprint density at radius 2 is 2.03 bits per heavy atom. The number of hydrogen-bond donors (Lipinski definition) is 1. The van der Waals surface area contributed by atoms with Crippen LogP contribution in [0.4, 0.5) is 5.69 Å². The van der Waals surface area contributed by atoms with Crippen LogP contribution in [0.3, 0.4) is 0 Å². The molecular weight excluding hydrogens is 410 g/mol. The monoisotopic (exact) mass is 435 g/mol. The van der Waals surface area contributed by atoms with Gasteiger partial charge in [0.25, 0.3) is 0 Å². The van der Waals surface area contributed by atoms with Gasteiger partial charge in [0.1, 0.15) is 5.75 Å². The fourth-order valence-corrected chi connectivity index (χ4v) is 3.84. The van der Waals surface area contributed by atoms with Gasteiger partial charge in [0, 0.05) is 17.8 Å². The number of benzene rings is 2. The smallest absolute Gasteiger partial charge is 0.237 e. The van der Waals surface area contributed by atoms with Crippen molar-refractivity contribution in [3.8, 4) is 23.2 Å². The Hall–Kier alpha value is -3.31. The van der Waals surface area contributed by atoms with Gasteiger partial charge in [-0.3, -0.25) is 4.79 Å². The molecule has 0 aliphatic heterocycles. The predicted molar refractivity (Wildman–Crippen MR) is 122 cm³/mol. The number of amides is 1. The molecule has 0 aliphatic rings. The second-order valence-corrected chi connectivity index (χ2v) is 8.29. The van der Waals surface area contributed by atoms with Gasteiger partial charge in [-0.2, -0.15) is 5.26 Å². The fourth-order valence-electron chi connectivity index (χ4n) is 2.97. The number of ether oxygens (including phenoxy) is 1. The number of nitrogens with zero attached hydrogens (tertiary/aromatic N) is 4. The highest BCUT2D eigenvalue weighted by Crippen LogP contribution is 2.29. The lowest BCUT2D eigenvalue weighted by molar-refractivity contribution is -0.115. The van der Waals surface area contributed by atoms with Gasteiger partial charge in [0.2, 0.25) is 5.91 Å². The van der Waals surface area contributed by atoms with Crippen LogP contribution in [0, 0.1) is 11.3 Å². The SMILES string of the molecule is CCCCn1c(SC(C)C(=O)Nc2cccc(C#N)c2)nnc1-c1ccc(OC)cc1. The van der Waals surface area contributed by atoms with Crippen molar-refractivity contribution < 1.29 is 9.53 Å². The molecule has 1 atom stereocenters. The maximum absolute atomic E-state index is 12.7. The number of anilines is 1. The molecule has 0 saturated carbocycles. The predicted octanol–water partition coefficient (Wildman–Crippen LogP) is 4.74. The van der Waals surface area contributed by atoms with Gasteiger partial charge in [-0.25, -0.2) is 0 Å². The van der Waals surface area contributed by atoms with Crippen LogP contribution in [0.1, 0.15) is 32.3 Å². The van der Waals surface area contributed by atoms with Crippen molar-refractivity contribution in [2.24, 2.45) is 0 Å². The second kappa shape index (κ2) is 10.6. The summed E-state index contributed by atoms with van der Waals surface area (Å²) in [4.78, 5) is 12.7. The lowest BCUT2D eigenvalue weighted by atomic mass is 10.2. The molecule has 0 aliphatic carbocycles. The number of hydrogen-bond acceptors (Lipinski definition) is 6. The van der Waals surface area contributed by atoms with E-state index in [4.69, 9.17) is 10.00 Å². The number of rotatable bonds is 9. The van der Waals surface area contributed by atoms with E-state index in [1.807, 2.05) is 31.2 Å². The largest absolute Gasteiger partial charge is 0.497 e. The van der Waals surface area contributed by atoms with Crippen molar-refractivity contribution >= 4 is 23.4 Å². The number of nitriles is 1. The van der Waals surface area contributed by atoms with Crippen LogP contribution in [-0.4, -0.2) is 33.0 Å². The molecule has 3 aromatic rings. The average Bonchev–Trinajstić information content (AvgIpc) is 3.19. The van der Waals surface area contributed by atoms with E-state index >= 15 is 0 Å². The zero-order chi connectivity index (χ0) is 22.2. The summed E-state index contributed by atoms with van der Waals surface area (Å²) in [6.45, 7) is 4.74. The van der Waals surface area contributed by atoms with E-state index in [1.54, 1.807) is 31.4 Å². The average molecular weight is 436 g/mol. The van der Waals surface area contributed by atoms with Crippen molar-refractivity contribution in [2.45, 2.75) is 43.6 Å². The van der Waals surface area contributed by atoms with E-state index in [1.165, 1.54) is 11.8 Å². The molecule has 7 nitrogen and oxygen atoms in total. The lowest BCUT2D eigenvalue weighted by Gasteiger charge is -2.14. The molecule has 1 amide bonds. The van der Waals surface area contributed by atoms with E-state index in [2.05, 4.69) is 33.1 Å². The van der Waals surface area contributed by atoms with E-state index in [-0.39, 0.29) is 11.2 Å². The minimum absolute atomic E-state index is 0.156. The molecule has 1 aromatic heterocycles. The van der Waals surface area contributed by atoms with E-state index in [9.17, 15) is 4.79 Å². The van der Waals surface area contributed by atoms with Crippen LogP contribution in [-0.2, 0) is 11.3 Å². The summed E-state index contributed by atoms with van der Waals surface area (Å²) in [5, 5.41) is 21.0. The molecule has 0 radical (unpaired) electrons. The first-order chi connectivity index (χ1) is 15.0. The Morgan fingerprint density at radius 3 is 2.71 bits per heavy atom. The van der Waals surface area contributed by atoms with Gasteiger partial charge in [-0.05, 0) is 55.8 Å². The van der Waals surface area contributed by atoms with Crippen LogP contribution < -0.4 is 10.1 Å². The molecule has 160 valence electrons. The first-order valence-corrected chi connectivity index (χ1v) is 11.0. The molecule has 0 spiro atoms. The molecule has 1 unspecified atom stereocenters. The summed E-state index contributed by atoms with van der Waals surface area (Å²) in [6.07, 6.45) is 2.02. The van der Waals surface area contributed by atoms with Crippen LogP contribution in [0.2, 0.25) is 0 Å². The Labute approximate surface area is 186 Å². The van der Waals surface area contributed by atoms with Crippen molar-refractivity contribution in [1.82, 2.24) is 14.8 Å². The number of carbonyl (C=O) groups is 1. The second-order valence-electron chi connectivity index (χ2n) is 6.98. The van der Waals surface area contributed by atoms with E-state index < -0.39 is 0 Å². The third kappa shape index (κ3) is 5.64. The van der Waals surface area contributed by atoms with Crippen molar-refractivity contribution in [2.75, 3.05) is 12.4 Å². The summed E-state index contributed by atoms with van der Waals surface area (Å²) < 4.78 is 7.30. The number of thioether (sulfide) groups is 1. The molecular formula is C23H25N5O2S.